The number of halogens is 1. The van der Waals surface area contributed by atoms with Crippen molar-refractivity contribution >= 4 is 33.2 Å². The van der Waals surface area contributed by atoms with E-state index in [0.717, 1.165) is 94.4 Å². The van der Waals surface area contributed by atoms with Crippen LogP contribution in [0.5, 0.6) is 5.75 Å². The lowest BCUT2D eigenvalue weighted by Crippen LogP contribution is -2.51. The van der Waals surface area contributed by atoms with E-state index in [2.05, 4.69) is 40.5 Å². The molecule has 2 fully saturated rings. The molecule has 8 nitrogen and oxygen atoms in total. The Hall–Kier alpha value is -2.07. The molecule has 1 saturated heterocycles. The number of anilines is 1. The lowest BCUT2D eigenvalue weighted by molar-refractivity contribution is -0.0219. The summed E-state index contributed by atoms with van der Waals surface area (Å²) >= 11 is 6.47. The van der Waals surface area contributed by atoms with Gasteiger partial charge in [0.25, 0.3) is 5.91 Å². The summed E-state index contributed by atoms with van der Waals surface area (Å²) in [6.45, 7) is 14.1. The highest BCUT2D eigenvalue weighted by Crippen LogP contribution is 2.47. The van der Waals surface area contributed by atoms with Gasteiger partial charge in [-0.05, 0) is 106 Å². The zero-order chi connectivity index (χ0) is 34.1. The van der Waals surface area contributed by atoms with Crippen molar-refractivity contribution in [1.29, 1.82) is 0 Å². The number of allylic oxidation sites excluding steroid dienone is 3. The van der Waals surface area contributed by atoms with E-state index < -0.39 is 21.2 Å². The molecule has 10 heteroatoms. The molecule has 2 aliphatic carbocycles. The van der Waals surface area contributed by atoms with E-state index >= 15 is 0 Å². The first-order valence-electron chi connectivity index (χ1n) is 18.4. The molecule has 48 heavy (non-hydrogen) atoms. The van der Waals surface area contributed by atoms with Crippen molar-refractivity contribution in [3.8, 4) is 5.75 Å². The summed E-state index contributed by atoms with van der Waals surface area (Å²) in [5.41, 5.74) is 1.01. The van der Waals surface area contributed by atoms with Crippen molar-refractivity contribution in [2.24, 2.45) is 35.0 Å². The molecule has 5 aliphatic rings. The van der Waals surface area contributed by atoms with Crippen molar-refractivity contribution < 1.29 is 22.7 Å². The van der Waals surface area contributed by atoms with Crippen molar-refractivity contribution in [3.63, 3.8) is 0 Å². The second kappa shape index (κ2) is 15.0. The lowest BCUT2D eigenvalue weighted by Gasteiger charge is -2.49. The Kier molecular flexibility index (Phi) is 11.2. The highest BCUT2D eigenvalue weighted by atomic mass is 35.5. The van der Waals surface area contributed by atoms with E-state index in [1.165, 1.54) is 12.8 Å². The van der Waals surface area contributed by atoms with E-state index in [1.807, 2.05) is 25.1 Å². The van der Waals surface area contributed by atoms with Gasteiger partial charge in [0.15, 0.2) is 0 Å². The van der Waals surface area contributed by atoms with Crippen molar-refractivity contribution in [1.82, 2.24) is 9.62 Å². The van der Waals surface area contributed by atoms with Gasteiger partial charge in [0.05, 0.1) is 30.8 Å². The number of benzene rings is 1. The fraction of sp³-hybridized carbons (Fsp3) is 0.711. The fourth-order valence-corrected chi connectivity index (χ4v) is 10.4. The number of carbonyl (C=O) groups is 1. The molecule has 0 radical (unpaired) electrons. The van der Waals surface area contributed by atoms with Gasteiger partial charge in [-0.3, -0.25) is 9.69 Å². The van der Waals surface area contributed by atoms with Crippen LogP contribution >= 0.6 is 11.6 Å². The van der Waals surface area contributed by atoms with Crippen molar-refractivity contribution in [3.05, 3.63) is 47.0 Å². The maximum atomic E-state index is 13.6. The van der Waals surface area contributed by atoms with Crippen molar-refractivity contribution in [2.45, 2.75) is 90.4 Å². The SMILES string of the molecule is C[C@H]([C@H]1CCC[C@H](C)[C@@H](C)S(=O)(=O)NC(=O)c2ccc3c(c2)N(CCCCC2C=C(Cl)C=CC2(C)CO3)C[C@@H]2CC[C@H]21)N1CCOCC1. The first-order valence-corrected chi connectivity index (χ1v) is 20.3. The van der Waals surface area contributed by atoms with Crippen LogP contribution in [0.3, 0.4) is 0 Å². The molecule has 1 saturated carbocycles. The molecule has 1 aromatic rings. The van der Waals surface area contributed by atoms with Crippen LogP contribution in [0.4, 0.5) is 5.69 Å². The van der Waals surface area contributed by atoms with Crippen LogP contribution in [-0.4, -0.2) is 76.5 Å². The second-order valence-electron chi connectivity index (χ2n) is 15.6. The number of nitrogens with zero attached hydrogens (tertiary/aromatic N) is 2. The Balaban J connectivity index is 1.36. The highest BCUT2D eigenvalue weighted by molar-refractivity contribution is 7.90. The number of rotatable bonds is 2. The molecular formula is C38H56ClN3O5S. The van der Waals surface area contributed by atoms with Gasteiger partial charge in [-0.1, -0.05) is 50.4 Å². The van der Waals surface area contributed by atoms with Gasteiger partial charge in [-0.2, -0.15) is 0 Å². The number of morpholine rings is 1. The molecule has 8 atom stereocenters. The summed E-state index contributed by atoms with van der Waals surface area (Å²) in [5.74, 6) is 2.04. The Morgan fingerprint density at radius 2 is 1.81 bits per heavy atom. The summed E-state index contributed by atoms with van der Waals surface area (Å²) in [6, 6.07) is 5.88. The molecule has 1 N–H and O–H groups in total. The monoisotopic (exact) mass is 701 g/mol. The van der Waals surface area contributed by atoms with Gasteiger partial charge in [-0.15, -0.1) is 0 Å². The smallest absolute Gasteiger partial charge is 0.264 e. The molecule has 3 heterocycles. The normalized spacial score (nSPS) is 35.7. The molecule has 3 aliphatic heterocycles. The zero-order valence-electron chi connectivity index (χ0n) is 29.3. The number of ether oxygens (including phenoxy) is 2. The van der Waals surface area contributed by atoms with E-state index in [0.29, 0.717) is 36.0 Å². The van der Waals surface area contributed by atoms with Gasteiger partial charge < -0.3 is 14.4 Å². The summed E-state index contributed by atoms with van der Waals surface area (Å²) in [6.07, 6.45) is 14.7. The minimum Gasteiger partial charge on any atom is -0.490 e. The van der Waals surface area contributed by atoms with Crippen LogP contribution < -0.4 is 14.4 Å². The van der Waals surface area contributed by atoms with Crippen LogP contribution in [0, 0.1) is 35.0 Å². The average Bonchev–Trinajstić information content (AvgIpc) is 3.08. The van der Waals surface area contributed by atoms with Gasteiger partial charge in [0, 0.05) is 48.2 Å². The van der Waals surface area contributed by atoms with Gasteiger partial charge in [0.1, 0.15) is 5.75 Å². The first-order chi connectivity index (χ1) is 22.9. The molecule has 2 unspecified atom stereocenters. The van der Waals surface area contributed by atoms with Gasteiger partial charge in [0.2, 0.25) is 10.0 Å². The average molecular weight is 702 g/mol. The topological polar surface area (TPSA) is 88.2 Å². The molecule has 0 spiro atoms. The van der Waals surface area contributed by atoms with Gasteiger partial charge >= 0.3 is 0 Å². The molecule has 0 aromatic heterocycles. The standard InChI is InChI=1S/C38H56ClN3O5S/c1-26-8-7-10-33(27(2)41-18-20-46-21-19-41)34-13-11-30(34)24-42-17-6-5-9-31-23-32(39)15-16-38(31,4)25-47-36-14-12-29(22-35(36)42)37(43)40-48(44,45)28(26)3/h12,14-16,22-23,26-28,30-31,33-34H,5-11,13,17-21,24-25H2,1-4H3,(H,40,43)/t26-,27+,28+,30-,31?,33+,34+,38?/m0/s1. The zero-order valence-corrected chi connectivity index (χ0v) is 30.9. The number of nitrogens with one attached hydrogen (secondary N) is 1. The van der Waals surface area contributed by atoms with Crippen molar-refractivity contribution in [2.75, 3.05) is 50.9 Å². The summed E-state index contributed by atoms with van der Waals surface area (Å²) in [4.78, 5) is 18.6. The number of hydrogen-bond donors (Lipinski definition) is 1. The third-order valence-corrected chi connectivity index (χ3v) is 14.7. The third kappa shape index (κ3) is 7.79. The summed E-state index contributed by atoms with van der Waals surface area (Å²) in [5, 5.41) is 0.102. The van der Waals surface area contributed by atoms with Gasteiger partial charge in [-0.25, -0.2) is 13.1 Å². The number of hydrogen-bond acceptors (Lipinski definition) is 7. The Morgan fingerprint density at radius 1 is 1.02 bits per heavy atom. The predicted octanol–water partition coefficient (Wildman–Crippen LogP) is 7.00. The first kappa shape index (κ1) is 35.7. The molecule has 1 aromatic carbocycles. The molecule has 266 valence electrons. The maximum absolute atomic E-state index is 13.6. The minimum atomic E-state index is -3.87. The van der Waals surface area contributed by atoms with E-state index in [-0.39, 0.29) is 17.3 Å². The van der Waals surface area contributed by atoms with Crippen LogP contribution in [0.25, 0.3) is 0 Å². The van der Waals surface area contributed by atoms with E-state index in [9.17, 15) is 13.2 Å². The van der Waals surface area contributed by atoms with E-state index in [1.54, 1.807) is 13.0 Å². The summed E-state index contributed by atoms with van der Waals surface area (Å²) in [7, 11) is -3.87. The highest BCUT2D eigenvalue weighted by Gasteiger charge is 2.42. The minimum absolute atomic E-state index is 0.0696. The molecule has 2 bridgehead atoms. The number of fused-ring (bicyclic) bond motifs is 3. The third-order valence-electron chi connectivity index (χ3n) is 12.6. The second-order valence-corrected chi connectivity index (χ2v) is 18.0. The molecule has 6 rings (SSSR count). The van der Waals surface area contributed by atoms with Crippen LogP contribution in [0.2, 0.25) is 0 Å². The Bertz CT molecular complexity index is 1480. The predicted molar refractivity (Wildman–Crippen MR) is 193 cm³/mol. The Labute approximate surface area is 293 Å². The lowest BCUT2D eigenvalue weighted by atomic mass is 9.63. The van der Waals surface area contributed by atoms with Crippen LogP contribution in [-0.2, 0) is 14.8 Å². The Morgan fingerprint density at radius 3 is 2.56 bits per heavy atom. The number of amides is 1. The quantitative estimate of drug-likeness (QED) is 0.355. The van der Waals surface area contributed by atoms with Crippen LogP contribution in [0.1, 0.15) is 89.4 Å². The number of carbonyl (C=O) groups excluding carboxylic acids is 1. The molecular weight excluding hydrogens is 646 g/mol. The summed E-state index contributed by atoms with van der Waals surface area (Å²) < 4.78 is 41.8. The largest absolute Gasteiger partial charge is 0.490 e. The maximum Gasteiger partial charge on any atom is 0.264 e. The fourth-order valence-electron chi connectivity index (χ4n) is 8.87. The van der Waals surface area contributed by atoms with E-state index in [4.69, 9.17) is 21.1 Å². The molecule has 1 amide bonds. The van der Waals surface area contributed by atoms with Crippen LogP contribution in [0.15, 0.2) is 41.5 Å². The number of sulfonamides is 1.